The van der Waals surface area contributed by atoms with Crippen LogP contribution >= 0.6 is 0 Å². The number of urea groups is 1. The van der Waals surface area contributed by atoms with Crippen LogP contribution in [0.2, 0.25) is 0 Å². The van der Waals surface area contributed by atoms with Crippen molar-refractivity contribution in [2.24, 2.45) is 0 Å². The summed E-state index contributed by atoms with van der Waals surface area (Å²) in [6, 6.07) is 14.0. The molecule has 24 heavy (non-hydrogen) atoms. The number of nitrogens with one attached hydrogen (secondary N) is 2. The Hall–Kier alpha value is -2.69. The number of fused-ring (bicyclic) bond motifs is 2. The third-order valence-electron chi connectivity index (χ3n) is 4.50. The highest BCUT2D eigenvalue weighted by molar-refractivity contribution is 5.74. The summed E-state index contributed by atoms with van der Waals surface area (Å²) in [6.07, 6.45) is 1.97. The van der Waals surface area contributed by atoms with Gasteiger partial charge in [-0.25, -0.2) is 4.79 Å². The second kappa shape index (κ2) is 6.43. The van der Waals surface area contributed by atoms with Gasteiger partial charge in [-0.15, -0.1) is 0 Å². The number of carbonyl (C=O) groups excluding carboxylic acids is 1. The van der Waals surface area contributed by atoms with Crippen molar-refractivity contribution >= 4 is 6.03 Å². The van der Waals surface area contributed by atoms with Crippen LogP contribution in [-0.2, 0) is 13.0 Å². The number of carbonyl (C=O) groups is 1. The minimum atomic E-state index is -0.147. The minimum absolute atomic E-state index is 0.0986. The molecule has 2 aromatic carbocycles. The van der Waals surface area contributed by atoms with Gasteiger partial charge in [-0.3, -0.25) is 0 Å². The second-order valence-corrected chi connectivity index (χ2v) is 6.10. The van der Waals surface area contributed by atoms with Crippen LogP contribution in [-0.4, -0.2) is 19.2 Å². The SMILES string of the molecule is O=C(NCc1ccc2c(c1)OCCO2)NC1CCc2ccccc21. The number of ether oxygens (including phenoxy) is 2. The van der Waals surface area contributed by atoms with Gasteiger partial charge < -0.3 is 20.1 Å². The molecule has 0 aromatic heterocycles. The highest BCUT2D eigenvalue weighted by atomic mass is 16.6. The molecule has 124 valence electrons. The standard InChI is InChI=1S/C19H20N2O3/c22-19(21-16-7-6-14-3-1-2-4-15(14)16)20-12-13-5-8-17-18(11-13)24-10-9-23-17/h1-5,8,11,16H,6-7,9-10,12H2,(H2,20,21,22). The van der Waals surface area contributed by atoms with Gasteiger partial charge in [0.1, 0.15) is 13.2 Å². The summed E-state index contributed by atoms with van der Waals surface area (Å²) in [7, 11) is 0. The largest absolute Gasteiger partial charge is 0.486 e. The van der Waals surface area contributed by atoms with Crippen molar-refractivity contribution in [3.8, 4) is 11.5 Å². The second-order valence-electron chi connectivity index (χ2n) is 6.10. The summed E-state index contributed by atoms with van der Waals surface area (Å²) in [6.45, 7) is 1.60. The molecule has 0 saturated carbocycles. The lowest BCUT2D eigenvalue weighted by Crippen LogP contribution is -2.36. The van der Waals surface area contributed by atoms with Crippen LogP contribution in [0.25, 0.3) is 0 Å². The van der Waals surface area contributed by atoms with Gasteiger partial charge in [-0.1, -0.05) is 30.3 Å². The molecule has 1 atom stereocenters. The van der Waals surface area contributed by atoms with Crippen molar-refractivity contribution in [3.63, 3.8) is 0 Å². The van der Waals surface area contributed by atoms with Crippen LogP contribution < -0.4 is 20.1 Å². The van der Waals surface area contributed by atoms with E-state index in [-0.39, 0.29) is 12.1 Å². The van der Waals surface area contributed by atoms with Crippen molar-refractivity contribution in [1.82, 2.24) is 10.6 Å². The van der Waals surface area contributed by atoms with Crippen LogP contribution in [0.1, 0.15) is 29.2 Å². The zero-order chi connectivity index (χ0) is 16.4. The maximum atomic E-state index is 12.2. The van der Waals surface area contributed by atoms with Gasteiger partial charge in [0.15, 0.2) is 11.5 Å². The number of rotatable bonds is 3. The zero-order valence-electron chi connectivity index (χ0n) is 13.4. The predicted molar refractivity (Wildman–Crippen MR) is 90.3 cm³/mol. The fraction of sp³-hybridized carbons (Fsp3) is 0.316. The van der Waals surface area contributed by atoms with E-state index in [0.717, 1.165) is 29.9 Å². The van der Waals surface area contributed by atoms with E-state index in [1.807, 2.05) is 30.3 Å². The maximum Gasteiger partial charge on any atom is 0.315 e. The lowest BCUT2D eigenvalue weighted by molar-refractivity contribution is 0.171. The number of hydrogen-bond acceptors (Lipinski definition) is 3. The van der Waals surface area contributed by atoms with Gasteiger partial charge in [0.05, 0.1) is 6.04 Å². The number of hydrogen-bond donors (Lipinski definition) is 2. The van der Waals surface area contributed by atoms with Crippen LogP contribution in [0.4, 0.5) is 4.79 Å². The summed E-state index contributed by atoms with van der Waals surface area (Å²) in [5, 5.41) is 5.98. The Morgan fingerprint density at radius 3 is 2.83 bits per heavy atom. The lowest BCUT2D eigenvalue weighted by Gasteiger charge is -2.19. The van der Waals surface area contributed by atoms with E-state index < -0.39 is 0 Å². The van der Waals surface area contributed by atoms with Gasteiger partial charge in [0.2, 0.25) is 0 Å². The van der Waals surface area contributed by atoms with E-state index >= 15 is 0 Å². The first-order valence-corrected chi connectivity index (χ1v) is 8.30. The highest BCUT2D eigenvalue weighted by Crippen LogP contribution is 2.31. The van der Waals surface area contributed by atoms with Crippen LogP contribution in [0, 0.1) is 0 Å². The fourth-order valence-electron chi connectivity index (χ4n) is 3.30. The summed E-state index contributed by atoms with van der Waals surface area (Å²) >= 11 is 0. The molecule has 1 aliphatic carbocycles. The summed E-state index contributed by atoms with van der Waals surface area (Å²) in [5.74, 6) is 1.50. The minimum Gasteiger partial charge on any atom is -0.486 e. The van der Waals surface area contributed by atoms with Gasteiger partial charge in [0.25, 0.3) is 0 Å². The number of aryl methyl sites for hydroxylation is 1. The van der Waals surface area contributed by atoms with Crippen LogP contribution in [0.15, 0.2) is 42.5 Å². The molecule has 5 heteroatoms. The van der Waals surface area contributed by atoms with E-state index in [9.17, 15) is 4.79 Å². The third-order valence-corrected chi connectivity index (χ3v) is 4.50. The molecule has 1 heterocycles. The number of amides is 2. The predicted octanol–water partition coefficient (Wildman–Crippen LogP) is 2.94. The summed E-state index contributed by atoms with van der Waals surface area (Å²) < 4.78 is 11.1. The van der Waals surface area contributed by atoms with E-state index in [2.05, 4.69) is 22.8 Å². The first kappa shape index (κ1) is 14.9. The molecule has 1 aliphatic heterocycles. The molecule has 0 fully saturated rings. The van der Waals surface area contributed by atoms with Gasteiger partial charge in [-0.2, -0.15) is 0 Å². The first-order chi connectivity index (χ1) is 11.8. The highest BCUT2D eigenvalue weighted by Gasteiger charge is 2.23. The molecule has 2 amide bonds. The average Bonchev–Trinajstić information content (AvgIpc) is 3.03. The molecule has 2 aromatic rings. The Labute approximate surface area is 141 Å². The average molecular weight is 324 g/mol. The van der Waals surface area contributed by atoms with Gasteiger partial charge >= 0.3 is 6.03 Å². The molecule has 4 rings (SSSR count). The van der Waals surface area contributed by atoms with E-state index in [1.165, 1.54) is 11.1 Å². The Balaban J connectivity index is 1.34. The van der Waals surface area contributed by atoms with Crippen LogP contribution in [0.3, 0.4) is 0 Å². The van der Waals surface area contributed by atoms with E-state index in [1.54, 1.807) is 0 Å². The quantitative estimate of drug-likeness (QED) is 0.912. The molecule has 0 saturated heterocycles. The molecule has 0 spiro atoms. The maximum absolute atomic E-state index is 12.2. The molecule has 2 N–H and O–H groups in total. The van der Waals surface area contributed by atoms with Crippen molar-refractivity contribution in [2.45, 2.75) is 25.4 Å². The normalized spacial score (nSPS) is 17.9. The van der Waals surface area contributed by atoms with Gasteiger partial charge in [-0.05, 0) is 41.7 Å². The molecule has 5 nitrogen and oxygen atoms in total. The summed E-state index contributed by atoms with van der Waals surface area (Å²) in [4.78, 5) is 12.2. The molecule has 2 aliphatic rings. The molecule has 1 unspecified atom stereocenters. The zero-order valence-corrected chi connectivity index (χ0v) is 13.4. The smallest absolute Gasteiger partial charge is 0.315 e. The molecular formula is C19H20N2O3. The van der Waals surface area contributed by atoms with Crippen molar-refractivity contribution < 1.29 is 14.3 Å². The van der Waals surface area contributed by atoms with Gasteiger partial charge in [0, 0.05) is 6.54 Å². The number of benzene rings is 2. The van der Waals surface area contributed by atoms with Crippen LogP contribution in [0.5, 0.6) is 11.5 Å². The van der Waals surface area contributed by atoms with E-state index in [4.69, 9.17) is 9.47 Å². The Morgan fingerprint density at radius 2 is 1.92 bits per heavy atom. The third kappa shape index (κ3) is 3.02. The summed E-state index contributed by atoms with van der Waals surface area (Å²) in [5.41, 5.74) is 3.54. The van der Waals surface area contributed by atoms with Crippen molar-refractivity contribution in [2.75, 3.05) is 13.2 Å². The molecular weight excluding hydrogens is 304 g/mol. The molecule has 0 bridgehead atoms. The first-order valence-electron chi connectivity index (χ1n) is 8.30. The van der Waals surface area contributed by atoms with Crippen molar-refractivity contribution in [1.29, 1.82) is 0 Å². The lowest BCUT2D eigenvalue weighted by atomic mass is 10.1. The Bertz CT molecular complexity index is 760. The van der Waals surface area contributed by atoms with Crippen molar-refractivity contribution in [3.05, 3.63) is 59.2 Å². The Morgan fingerprint density at radius 1 is 1.08 bits per heavy atom. The molecule has 0 radical (unpaired) electrons. The topological polar surface area (TPSA) is 59.6 Å². The fourth-order valence-corrected chi connectivity index (χ4v) is 3.30. The Kier molecular flexibility index (Phi) is 3.99. The van der Waals surface area contributed by atoms with E-state index in [0.29, 0.717) is 19.8 Å². The monoisotopic (exact) mass is 324 g/mol.